The highest BCUT2D eigenvalue weighted by Gasteiger charge is 2.34. The Balaban J connectivity index is 1.21. The third-order valence-corrected chi connectivity index (χ3v) is 7.37. The Morgan fingerprint density at radius 1 is 1.19 bits per heavy atom. The number of rotatable bonds is 6. The molecule has 2 aliphatic rings. The molecule has 7 nitrogen and oxygen atoms in total. The van der Waals surface area contributed by atoms with E-state index in [9.17, 15) is 10.1 Å². The molecule has 0 unspecified atom stereocenters. The Morgan fingerprint density at radius 2 is 2.03 bits per heavy atom. The summed E-state index contributed by atoms with van der Waals surface area (Å²) in [4.78, 5) is 24.2. The van der Waals surface area contributed by atoms with E-state index in [-0.39, 0.29) is 5.91 Å². The average Bonchev–Trinajstić information content (AvgIpc) is 2.87. The first-order valence-electron chi connectivity index (χ1n) is 12.4. The lowest BCUT2D eigenvalue weighted by atomic mass is 9.70. The van der Waals surface area contributed by atoms with Crippen LogP contribution in [0, 0.1) is 11.3 Å². The van der Waals surface area contributed by atoms with Crippen molar-refractivity contribution >= 4 is 11.7 Å². The Kier molecular flexibility index (Phi) is 6.46. The van der Waals surface area contributed by atoms with Crippen molar-refractivity contribution in [1.82, 2.24) is 15.3 Å². The predicted molar refractivity (Wildman–Crippen MR) is 138 cm³/mol. The van der Waals surface area contributed by atoms with Crippen molar-refractivity contribution in [2.24, 2.45) is 0 Å². The third kappa shape index (κ3) is 4.69. The van der Waals surface area contributed by atoms with Crippen LogP contribution in [0.4, 0.5) is 5.82 Å². The van der Waals surface area contributed by atoms with E-state index in [0.29, 0.717) is 37.2 Å². The summed E-state index contributed by atoms with van der Waals surface area (Å²) in [5.41, 5.74) is 4.88. The fraction of sp³-hybridized carbons (Fsp3) is 0.379. The van der Waals surface area contributed by atoms with Gasteiger partial charge < -0.3 is 15.0 Å². The lowest BCUT2D eigenvalue weighted by molar-refractivity contribution is 0.0757. The summed E-state index contributed by atoms with van der Waals surface area (Å²) in [7, 11) is 4.02. The van der Waals surface area contributed by atoms with Crippen LogP contribution in [0.15, 0.2) is 54.7 Å². The molecule has 1 N–H and O–H groups in total. The van der Waals surface area contributed by atoms with E-state index >= 15 is 0 Å². The SMILES string of the molecule is CN(C)c1cccc(C2CC(c3ccnc(CNC(=O)c4ccc5c(c4)[C@](C)(C#N)COC5)c3)C2)n1. The molecule has 3 heterocycles. The average molecular weight is 482 g/mol. The van der Waals surface area contributed by atoms with Crippen molar-refractivity contribution in [3.05, 3.63) is 88.4 Å². The molecule has 1 amide bonds. The molecule has 36 heavy (non-hydrogen) atoms. The second kappa shape index (κ2) is 9.71. The van der Waals surface area contributed by atoms with Crippen LogP contribution in [0.25, 0.3) is 0 Å². The molecular weight excluding hydrogens is 450 g/mol. The van der Waals surface area contributed by atoms with Gasteiger partial charge in [-0.2, -0.15) is 5.26 Å². The summed E-state index contributed by atoms with van der Waals surface area (Å²) in [6, 6.07) is 18.2. The molecule has 7 heteroatoms. The number of aromatic nitrogens is 2. The number of ether oxygens (including phenoxy) is 1. The lowest BCUT2D eigenvalue weighted by Gasteiger charge is -2.35. The van der Waals surface area contributed by atoms with Crippen LogP contribution >= 0.6 is 0 Å². The van der Waals surface area contributed by atoms with Crippen LogP contribution in [0.3, 0.4) is 0 Å². The lowest BCUT2D eigenvalue weighted by Crippen LogP contribution is -2.33. The first kappa shape index (κ1) is 24.0. The largest absolute Gasteiger partial charge is 0.375 e. The quantitative estimate of drug-likeness (QED) is 0.560. The van der Waals surface area contributed by atoms with Gasteiger partial charge in [0.05, 0.1) is 31.5 Å². The molecule has 0 saturated heterocycles. The van der Waals surface area contributed by atoms with Gasteiger partial charge in [0.25, 0.3) is 5.91 Å². The summed E-state index contributed by atoms with van der Waals surface area (Å²) in [6.07, 6.45) is 3.96. The van der Waals surface area contributed by atoms with E-state index in [2.05, 4.69) is 40.6 Å². The number of nitrogens with one attached hydrogen (secondary N) is 1. The molecule has 0 radical (unpaired) electrons. The third-order valence-electron chi connectivity index (χ3n) is 7.37. The molecular formula is C29H31N5O2. The van der Waals surface area contributed by atoms with Gasteiger partial charge in [0.15, 0.2) is 0 Å². The van der Waals surface area contributed by atoms with Crippen molar-refractivity contribution in [1.29, 1.82) is 5.26 Å². The fourth-order valence-electron chi connectivity index (χ4n) is 5.06. The number of fused-ring (bicyclic) bond motifs is 1. The topological polar surface area (TPSA) is 91.1 Å². The molecule has 1 fully saturated rings. The molecule has 2 aromatic heterocycles. The summed E-state index contributed by atoms with van der Waals surface area (Å²) in [5, 5.41) is 12.6. The van der Waals surface area contributed by atoms with Gasteiger partial charge in [-0.15, -0.1) is 0 Å². The molecule has 1 aromatic carbocycles. The first-order valence-corrected chi connectivity index (χ1v) is 12.4. The minimum Gasteiger partial charge on any atom is -0.375 e. The van der Waals surface area contributed by atoms with Crippen molar-refractivity contribution < 1.29 is 9.53 Å². The zero-order chi connectivity index (χ0) is 25.3. The van der Waals surface area contributed by atoms with Crippen LogP contribution in [0.5, 0.6) is 0 Å². The second-order valence-corrected chi connectivity index (χ2v) is 10.3. The number of carbonyl (C=O) groups excluding carboxylic acids is 1. The normalized spacial score (nSPS) is 22.6. The van der Waals surface area contributed by atoms with E-state index in [4.69, 9.17) is 9.72 Å². The molecule has 1 atom stereocenters. The van der Waals surface area contributed by atoms with Crippen LogP contribution < -0.4 is 10.2 Å². The number of benzene rings is 1. The molecule has 1 aliphatic heterocycles. The Morgan fingerprint density at radius 3 is 2.81 bits per heavy atom. The molecule has 1 aliphatic carbocycles. The van der Waals surface area contributed by atoms with E-state index in [1.54, 1.807) is 6.07 Å². The summed E-state index contributed by atoms with van der Waals surface area (Å²) in [5.74, 6) is 1.76. The van der Waals surface area contributed by atoms with Gasteiger partial charge in [-0.05, 0) is 78.8 Å². The fourth-order valence-corrected chi connectivity index (χ4v) is 5.06. The minimum absolute atomic E-state index is 0.174. The number of hydrogen-bond acceptors (Lipinski definition) is 6. The number of carbonyl (C=O) groups is 1. The molecule has 184 valence electrons. The van der Waals surface area contributed by atoms with Crippen LogP contribution in [0.2, 0.25) is 0 Å². The maximum Gasteiger partial charge on any atom is 0.251 e. The summed E-state index contributed by atoms with van der Waals surface area (Å²) >= 11 is 0. The van der Waals surface area contributed by atoms with Crippen molar-refractivity contribution in [2.45, 2.75) is 50.2 Å². The highest BCUT2D eigenvalue weighted by atomic mass is 16.5. The number of nitriles is 1. The van der Waals surface area contributed by atoms with Crippen LogP contribution in [0.1, 0.15) is 70.0 Å². The van der Waals surface area contributed by atoms with Crippen LogP contribution in [-0.4, -0.2) is 36.6 Å². The summed E-state index contributed by atoms with van der Waals surface area (Å²) < 4.78 is 5.56. The van der Waals surface area contributed by atoms with Crippen molar-refractivity contribution in [3.63, 3.8) is 0 Å². The molecule has 0 bridgehead atoms. The van der Waals surface area contributed by atoms with E-state index in [1.165, 1.54) is 5.56 Å². The summed E-state index contributed by atoms with van der Waals surface area (Å²) in [6.45, 7) is 2.99. The molecule has 5 rings (SSSR count). The number of nitrogens with zero attached hydrogens (tertiary/aromatic N) is 4. The van der Waals surface area contributed by atoms with Gasteiger partial charge in [0.1, 0.15) is 11.2 Å². The number of amides is 1. The predicted octanol–water partition coefficient (Wildman–Crippen LogP) is 4.45. The number of hydrogen-bond donors (Lipinski definition) is 1. The van der Waals surface area contributed by atoms with E-state index < -0.39 is 5.41 Å². The van der Waals surface area contributed by atoms with Crippen molar-refractivity contribution in [2.75, 3.05) is 25.6 Å². The monoisotopic (exact) mass is 481 g/mol. The van der Waals surface area contributed by atoms with Gasteiger partial charge in [-0.25, -0.2) is 4.98 Å². The smallest absolute Gasteiger partial charge is 0.251 e. The van der Waals surface area contributed by atoms with Crippen molar-refractivity contribution in [3.8, 4) is 6.07 Å². The van der Waals surface area contributed by atoms with Gasteiger partial charge in [-0.1, -0.05) is 12.1 Å². The Hall–Kier alpha value is -3.76. The number of pyridine rings is 2. The van der Waals surface area contributed by atoms with E-state index in [0.717, 1.165) is 41.2 Å². The molecule has 3 aromatic rings. The Bertz CT molecular complexity index is 1330. The minimum atomic E-state index is -0.746. The first-order chi connectivity index (χ1) is 17.4. The molecule has 0 spiro atoms. The number of anilines is 1. The molecule has 1 saturated carbocycles. The highest BCUT2D eigenvalue weighted by Crippen LogP contribution is 2.47. The highest BCUT2D eigenvalue weighted by molar-refractivity contribution is 5.94. The van der Waals surface area contributed by atoms with Gasteiger partial charge in [0.2, 0.25) is 0 Å². The standard InChI is InChI=1S/C29H31N5O2/c1-29(17-30)18-36-16-21-8-7-20(14-25(21)29)28(35)32-15-24-13-19(9-10-31-24)22-11-23(12-22)26-5-4-6-27(33-26)34(2)3/h4-10,13-14,22-23H,11-12,15-16,18H2,1-3H3,(H,32,35)/t22?,23?,29-/m1/s1. The maximum absolute atomic E-state index is 12.9. The van der Waals surface area contributed by atoms with Crippen LogP contribution in [-0.2, 0) is 23.3 Å². The van der Waals surface area contributed by atoms with Gasteiger partial charge >= 0.3 is 0 Å². The van der Waals surface area contributed by atoms with Gasteiger partial charge in [0, 0.05) is 37.5 Å². The second-order valence-electron chi connectivity index (χ2n) is 10.3. The zero-order valence-electron chi connectivity index (χ0n) is 21.0. The Labute approximate surface area is 212 Å². The van der Waals surface area contributed by atoms with Gasteiger partial charge in [-0.3, -0.25) is 9.78 Å². The maximum atomic E-state index is 12.9. The zero-order valence-corrected chi connectivity index (χ0v) is 21.0. The van der Waals surface area contributed by atoms with E-state index in [1.807, 2.05) is 50.3 Å².